The zero-order valence-electron chi connectivity index (χ0n) is 12.7. The molecular formula is C16H19N3O3. The Hall–Kier alpha value is -2.63. The summed E-state index contributed by atoms with van der Waals surface area (Å²) in [5.41, 5.74) is 2.38. The molecule has 6 heteroatoms. The average molecular weight is 301 g/mol. The Labute approximate surface area is 129 Å². The summed E-state index contributed by atoms with van der Waals surface area (Å²) in [6, 6.07) is 6.98. The zero-order chi connectivity index (χ0) is 16.1. The molecule has 2 aromatic rings. The van der Waals surface area contributed by atoms with E-state index in [1.807, 2.05) is 20.0 Å². The normalized spacial score (nSPS) is 10.5. The van der Waals surface area contributed by atoms with Gasteiger partial charge in [-0.3, -0.25) is 9.59 Å². The van der Waals surface area contributed by atoms with Crippen LogP contribution >= 0.6 is 0 Å². The monoisotopic (exact) mass is 301 g/mol. The van der Waals surface area contributed by atoms with Gasteiger partial charge < -0.3 is 10.0 Å². The molecule has 0 aliphatic rings. The SMILES string of the molecule is CCCN(CC(=O)O)C(=O)c1ccc(-n2cc(C)cn2)cc1. The average Bonchev–Trinajstić information content (AvgIpc) is 2.92. The molecule has 0 atom stereocenters. The molecule has 1 amide bonds. The standard InChI is InChI=1S/C16H19N3O3/c1-3-8-18(11-15(20)21)16(22)13-4-6-14(7-5-13)19-10-12(2)9-17-19/h4-7,9-10H,3,8,11H2,1-2H3,(H,20,21). The van der Waals surface area contributed by atoms with E-state index in [9.17, 15) is 9.59 Å². The van der Waals surface area contributed by atoms with E-state index in [4.69, 9.17) is 5.11 Å². The fourth-order valence-corrected chi connectivity index (χ4v) is 2.18. The van der Waals surface area contributed by atoms with E-state index in [2.05, 4.69) is 5.10 Å². The first-order chi connectivity index (χ1) is 10.5. The predicted octanol–water partition coefficient (Wildman–Crippen LogP) is 2.12. The Bertz CT molecular complexity index is 662. The van der Waals surface area contributed by atoms with Gasteiger partial charge in [0.25, 0.3) is 5.91 Å². The number of carbonyl (C=O) groups is 2. The van der Waals surface area contributed by atoms with Gasteiger partial charge in [-0.25, -0.2) is 4.68 Å². The Kier molecular flexibility index (Phi) is 4.93. The van der Waals surface area contributed by atoms with Crippen molar-refractivity contribution in [3.05, 3.63) is 47.8 Å². The molecule has 6 nitrogen and oxygen atoms in total. The van der Waals surface area contributed by atoms with E-state index in [1.165, 1.54) is 4.90 Å². The van der Waals surface area contributed by atoms with E-state index in [0.29, 0.717) is 18.5 Å². The summed E-state index contributed by atoms with van der Waals surface area (Å²) in [6.07, 6.45) is 4.36. The summed E-state index contributed by atoms with van der Waals surface area (Å²) >= 11 is 0. The van der Waals surface area contributed by atoms with Gasteiger partial charge in [0.05, 0.1) is 11.9 Å². The molecular weight excluding hydrogens is 282 g/mol. The Morgan fingerprint density at radius 3 is 2.45 bits per heavy atom. The van der Waals surface area contributed by atoms with Crippen molar-refractivity contribution in [1.29, 1.82) is 0 Å². The lowest BCUT2D eigenvalue weighted by Gasteiger charge is -2.20. The number of carboxylic acids is 1. The number of aryl methyl sites for hydroxylation is 1. The molecule has 22 heavy (non-hydrogen) atoms. The van der Waals surface area contributed by atoms with Gasteiger partial charge in [-0.1, -0.05) is 6.92 Å². The third-order valence-corrected chi connectivity index (χ3v) is 3.20. The minimum absolute atomic E-state index is 0.271. The minimum atomic E-state index is -1.01. The lowest BCUT2D eigenvalue weighted by molar-refractivity contribution is -0.137. The van der Waals surface area contributed by atoms with Crippen LogP contribution < -0.4 is 0 Å². The summed E-state index contributed by atoms with van der Waals surface area (Å²) in [7, 11) is 0. The molecule has 0 aliphatic heterocycles. The summed E-state index contributed by atoms with van der Waals surface area (Å²) in [5, 5.41) is 13.1. The van der Waals surface area contributed by atoms with Crippen molar-refractivity contribution in [3.63, 3.8) is 0 Å². The van der Waals surface area contributed by atoms with Gasteiger partial charge in [0.15, 0.2) is 0 Å². The van der Waals surface area contributed by atoms with Crippen molar-refractivity contribution < 1.29 is 14.7 Å². The predicted molar refractivity (Wildman–Crippen MR) is 82.1 cm³/mol. The Morgan fingerprint density at radius 2 is 1.95 bits per heavy atom. The number of amides is 1. The van der Waals surface area contributed by atoms with Crippen LogP contribution in [-0.2, 0) is 4.79 Å². The lowest BCUT2D eigenvalue weighted by atomic mass is 10.1. The van der Waals surface area contributed by atoms with E-state index < -0.39 is 5.97 Å². The third-order valence-electron chi connectivity index (χ3n) is 3.20. The zero-order valence-corrected chi connectivity index (χ0v) is 12.7. The molecule has 0 radical (unpaired) electrons. The van der Waals surface area contributed by atoms with Gasteiger partial charge in [0, 0.05) is 18.3 Å². The summed E-state index contributed by atoms with van der Waals surface area (Å²) < 4.78 is 1.73. The Morgan fingerprint density at radius 1 is 1.27 bits per heavy atom. The molecule has 1 heterocycles. The largest absolute Gasteiger partial charge is 0.480 e. The van der Waals surface area contributed by atoms with Gasteiger partial charge in [0.1, 0.15) is 6.54 Å². The van der Waals surface area contributed by atoms with Crippen LogP contribution in [0.5, 0.6) is 0 Å². The lowest BCUT2D eigenvalue weighted by Crippen LogP contribution is -2.36. The van der Waals surface area contributed by atoms with Gasteiger partial charge in [-0.15, -0.1) is 0 Å². The number of benzene rings is 1. The molecule has 1 aromatic carbocycles. The number of carbonyl (C=O) groups excluding carboxylic acids is 1. The smallest absolute Gasteiger partial charge is 0.323 e. The number of hydrogen-bond acceptors (Lipinski definition) is 3. The van der Waals surface area contributed by atoms with Crippen molar-refractivity contribution >= 4 is 11.9 Å². The Balaban J connectivity index is 2.17. The number of aliphatic carboxylic acids is 1. The van der Waals surface area contributed by atoms with Crippen molar-refractivity contribution in [2.75, 3.05) is 13.1 Å². The van der Waals surface area contributed by atoms with Crippen LogP contribution in [-0.4, -0.2) is 44.8 Å². The molecule has 0 saturated heterocycles. The molecule has 0 unspecified atom stereocenters. The maximum atomic E-state index is 12.4. The third kappa shape index (κ3) is 3.72. The summed E-state index contributed by atoms with van der Waals surface area (Å²) in [4.78, 5) is 24.6. The molecule has 2 rings (SSSR count). The van der Waals surface area contributed by atoms with Crippen LogP contribution in [0.2, 0.25) is 0 Å². The highest BCUT2D eigenvalue weighted by molar-refractivity contribution is 5.96. The van der Waals surface area contributed by atoms with Crippen molar-refractivity contribution in [3.8, 4) is 5.69 Å². The van der Waals surface area contributed by atoms with Crippen LogP contribution in [0.1, 0.15) is 29.3 Å². The molecule has 0 saturated carbocycles. The van der Waals surface area contributed by atoms with Crippen molar-refractivity contribution in [2.24, 2.45) is 0 Å². The van der Waals surface area contributed by atoms with Crippen LogP contribution in [0.4, 0.5) is 0 Å². The molecule has 116 valence electrons. The first-order valence-electron chi connectivity index (χ1n) is 7.14. The number of hydrogen-bond donors (Lipinski definition) is 1. The van der Waals surface area contributed by atoms with Crippen LogP contribution in [0.25, 0.3) is 5.69 Å². The quantitative estimate of drug-likeness (QED) is 0.886. The van der Waals surface area contributed by atoms with Crippen LogP contribution in [0, 0.1) is 6.92 Å². The topological polar surface area (TPSA) is 75.4 Å². The van der Waals surface area contributed by atoms with Gasteiger partial charge in [-0.2, -0.15) is 5.10 Å². The number of carboxylic acid groups (broad SMARTS) is 1. The van der Waals surface area contributed by atoms with Crippen LogP contribution in [0.15, 0.2) is 36.7 Å². The number of aromatic nitrogens is 2. The molecule has 1 N–H and O–H groups in total. The second-order valence-electron chi connectivity index (χ2n) is 5.13. The van der Waals surface area contributed by atoms with E-state index in [1.54, 1.807) is 35.1 Å². The van der Waals surface area contributed by atoms with E-state index >= 15 is 0 Å². The number of nitrogens with zero attached hydrogens (tertiary/aromatic N) is 3. The first kappa shape index (κ1) is 15.8. The summed E-state index contributed by atoms with van der Waals surface area (Å²) in [5.74, 6) is -1.28. The fourth-order valence-electron chi connectivity index (χ4n) is 2.18. The maximum Gasteiger partial charge on any atom is 0.323 e. The number of rotatable bonds is 6. The maximum absolute atomic E-state index is 12.4. The first-order valence-corrected chi connectivity index (χ1v) is 7.14. The van der Waals surface area contributed by atoms with Crippen molar-refractivity contribution in [2.45, 2.75) is 20.3 Å². The molecule has 0 bridgehead atoms. The van der Waals surface area contributed by atoms with Gasteiger partial charge >= 0.3 is 5.97 Å². The molecule has 0 spiro atoms. The van der Waals surface area contributed by atoms with Gasteiger partial charge in [0.2, 0.25) is 0 Å². The molecule has 0 aliphatic carbocycles. The summed E-state index contributed by atoms with van der Waals surface area (Å²) in [6.45, 7) is 4.00. The minimum Gasteiger partial charge on any atom is -0.480 e. The molecule has 0 fully saturated rings. The highest BCUT2D eigenvalue weighted by atomic mass is 16.4. The fraction of sp³-hybridized carbons (Fsp3) is 0.312. The second kappa shape index (κ2) is 6.89. The van der Waals surface area contributed by atoms with Crippen molar-refractivity contribution in [1.82, 2.24) is 14.7 Å². The van der Waals surface area contributed by atoms with Gasteiger partial charge in [-0.05, 0) is 43.2 Å². The van der Waals surface area contributed by atoms with Crippen LogP contribution in [0.3, 0.4) is 0 Å². The second-order valence-corrected chi connectivity index (χ2v) is 5.13. The molecule has 1 aromatic heterocycles. The highest BCUT2D eigenvalue weighted by Gasteiger charge is 2.17. The highest BCUT2D eigenvalue weighted by Crippen LogP contribution is 2.12. The van der Waals surface area contributed by atoms with E-state index in [-0.39, 0.29) is 12.5 Å². The van der Waals surface area contributed by atoms with E-state index in [0.717, 1.165) is 11.3 Å².